The van der Waals surface area contributed by atoms with Crippen LogP contribution >= 0.6 is 15.9 Å². The number of halogens is 1. The summed E-state index contributed by atoms with van der Waals surface area (Å²) in [6.45, 7) is 5.23. The second-order valence-electron chi connectivity index (χ2n) is 4.46. The standard InChI is InChI=1S/C16H18BrN/c1-3-18-16(13-7-9-15(17)10-8-13)14-6-4-5-12(2)11-14/h4-11,16,18H,3H2,1-2H3. The molecule has 1 N–H and O–H groups in total. The molecule has 0 spiro atoms. The van der Waals surface area contributed by atoms with Gasteiger partial charge in [0.1, 0.15) is 0 Å². The molecule has 1 nitrogen and oxygen atoms in total. The van der Waals surface area contributed by atoms with Crippen molar-refractivity contribution >= 4 is 15.9 Å². The summed E-state index contributed by atoms with van der Waals surface area (Å²) in [6, 6.07) is 17.5. The number of hydrogen-bond acceptors (Lipinski definition) is 1. The van der Waals surface area contributed by atoms with E-state index < -0.39 is 0 Å². The SMILES string of the molecule is CCNC(c1ccc(Br)cc1)c1cccc(C)c1. The molecule has 0 aliphatic heterocycles. The highest BCUT2D eigenvalue weighted by atomic mass is 79.9. The molecule has 2 aromatic carbocycles. The fraction of sp³-hybridized carbons (Fsp3) is 0.250. The van der Waals surface area contributed by atoms with Gasteiger partial charge in [0, 0.05) is 4.47 Å². The second kappa shape index (κ2) is 6.17. The highest BCUT2D eigenvalue weighted by Gasteiger charge is 2.12. The zero-order valence-electron chi connectivity index (χ0n) is 10.8. The van der Waals surface area contributed by atoms with Gasteiger partial charge in [-0.3, -0.25) is 0 Å². The van der Waals surface area contributed by atoms with E-state index in [2.05, 4.69) is 83.6 Å². The summed E-state index contributed by atoms with van der Waals surface area (Å²) in [5.74, 6) is 0. The largest absolute Gasteiger partial charge is 0.307 e. The van der Waals surface area contributed by atoms with E-state index in [4.69, 9.17) is 0 Å². The maximum Gasteiger partial charge on any atom is 0.0576 e. The first-order valence-corrected chi connectivity index (χ1v) is 7.05. The number of nitrogens with one attached hydrogen (secondary N) is 1. The average Bonchev–Trinajstić information content (AvgIpc) is 2.37. The normalized spacial score (nSPS) is 12.4. The molecule has 2 heteroatoms. The van der Waals surface area contributed by atoms with Crippen LogP contribution in [0.1, 0.15) is 29.7 Å². The van der Waals surface area contributed by atoms with E-state index in [9.17, 15) is 0 Å². The van der Waals surface area contributed by atoms with Crippen LogP contribution in [0.5, 0.6) is 0 Å². The monoisotopic (exact) mass is 303 g/mol. The quantitative estimate of drug-likeness (QED) is 0.879. The topological polar surface area (TPSA) is 12.0 Å². The highest BCUT2D eigenvalue weighted by Crippen LogP contribution is 2.24. The van der Waals surface area contributed by atoms with E-state index >= 15 is 0 Å². The van der Waals surface area contributed by atoms with E-state index in [0.29, 0.717) is 0 Å². The molecule has 1 unspecified atom stereocenters. The summed E-state index contributed by atoms with van der Waals surface area (Å²) < 4.78 is 1.12. The molecule has 0 saturated heterocycles. The van der Waals surface area contributed by atoms with Gasteiger partial charge in [-0.05, 0) is 36.7 Å². The second-order valence-corrected chi connectivity index (χ2v) is 5.37. The molecule has 0 heterocycles. The van der Waals surface area contributed by atoms with Crippen LogP contribution in [0.2, 0.25) is 0 Å². The summed E-state index contributed by atoms with van der Waals surface area (Å²) in [5, 5.41) is 3.55. The average molecular weight is 304 g/mol. The van der Waals surface area contributed by atoms with Crippen LogP contribution in [0, 0.1) is 6.92 Å². The third kappa shape index (κ3) is 3.21. The third-order valence-corrected chi connectivity index (χ3v) is 3.52. The van der Waals surface area contributed by atoms with Gasteiger partial charge in [0.15, 0.2) is 0 Å². The van der Waals surface area contributed by atoms with E-state index in [0.717, 1.165) is 11.0 Å². The minimum Gasteiger partial charge on any atom is -0.307 e. The Morgan fingerprint density at radius 1 is 1.06 bits per heavy atom. The zero-order chi connectivity index (χ0) is 13.0. The van der Waals surface area contributed by atoms with Crippen LogP contribution in [-0.2, 0) is 0 Å². The Kier molecular flexibility index (Phi) is 4.56. The van der Waals surface area contributed by atoms with Crippen molar-refractivity contribution in [1.82, 2.24) is 5.32 Å². The lowest BCUT2D eigenvalue weighted by Gasteiger charge is -2.19. The summed E-state index contributed by atoms with van der Waals surface area (Å²) in [4.78, 5) is 0. The number of rotatable bonds is 4. The van der Waals surface area contributed by atoms with Crippen molar-refractivity contribution in [3.05, 3.63) is 69.7 Å². The fourth-order valence-electron chi connectivity index (χ4n) is 2.14. The van der Waals surface area contributed by atoms with Crippen molar-refractivity contribution in [2.75, 3.05) is 6.54 Å². The Labute approximate surface area is 117 Å². The van der Waals surface area contributed by atoms with E-state index in [1.54, 1.807) is 0 Å². The molecule has 1 atom stereocenters. The van der Waals surface area contributed by atoms with Crippen molar-refractivity contribution in [3.63, 3.8) is 0 Å². The maximum atomic E-state index is 3.55. The molecular weight excluding hydrogens is 286 g/mol. The van der Waals surface area contributed by atoms with Crippen molar-refractivity contribution in [1.29, 1.82) is 0 Å². The van der Waals surface area contributed by atoms with Crippen molar-refractivity contribution in [2.45, 2.75) is 19.9 Å². The lowest BCUT2D eigenvalue weighted by Crippen LogP contribution is -2.21. The van der Waals surface area contributed by atoms with Gasteiger partial charge in [0.05, 0.1) is 6.04 Å². The molecule has 0 amide bonds. The molecule has 2 rings (SSSR count). The van der Waals surface area contributed by atoms with Gasteiger partial charge in [0.25, 0.3) is 0 Å². The predicted octanol–water partition coefficient (Wildman–Crippen LogP) is 4.46. The van der Waals surface area contributed by atoms with Crippen LogP contribution in [0.3, 0.4) is 0 Å². The van der Waals surface area contributed by atoms with Gasteiger partial charge in [-0.1, -0.05) is 64.8 Å². The van der Waals surface area contributed by atoms with Crippen LogP contribution < -0.4 is 5.32 Å². The molecule has 0 fully saturated rings. The first-order chi connectivity index (χ1) is 8.70. The molecule has 0 aliphatic rings. The highest BCUT2D eigenvalue weighted by molar-refractivity contribution is 9.10. The minimum absolute atomic E-state index is 0.267. The summed E-state index contributed by atoms with van der Waals surface area (Å²) in [6.07, 6.45) is 0. The minimum atomic E-state index is 0.267. The molecule has 0 aromatic heterocycles. The Hall–Kier alpha value is -1.12. The third-order valence-electron chi connectivity index (χ3n) is 2.99. The van der Waals surface area contributed by atoms with Crippen LogP contribution in [0.25, 0.3) is 0 Å². The fourth-order valence-corrected chi connectivity index (χ4v) is 2.40. The molecule has 18 heavy (non-hydrogen) atoms. The van der Waals surface area contributed by atoms with Crippen molar-refractivity contribution < 1.29 is 0 Å². The summed E-state index contributed by atoms with van der Waals surface area (Å²) in [7, 11) is 0. The number of aryl methyl sites for hydroxylation is 1. The summed E-state index contributed by atoms with van der Waals surface area (Å²) >= 11 is 3.48. The van der Waals surface area contributed by atoms with Crippen LogP contribution in [0.4, 0.5) is 0 Å². The number of hydrogen-bond donors (Lipinski definition) is 1. The maximum absolute atomic E-state index is 3.55. The van der Waals surface area contributed by atoms with E-state index in [-0.39, 0.29) is 6.04 Å². The molecule has 0 radical (unpaired) electrons. The van der Waals surface area contributed by atoms with Crippen LogP contribution in [0.15, 0.2) is 53.0 Å². The van der Waals surface area contributed by atoms with Crippen LogP contribution in [-0.4, -0.2) is 6.54 Å². The Morgan fingerprint density at radius 2 is 1.78 bits per heavy atom. The Morgan fingerprint density at radius 3 is 2.39 bits per heavy atom. The lowest BCUT2D eigenvalue weighted by atomic mass is 9.97. The van der Waals surface area contributed by atoms with Crippen molar-refractivity contribution in [3.8, 4) is 0 Å². The molecule has 0 aliphatic carbocycles. The Balaban J connectivity index is 2.36. The van der Waals surface area contributed by atoms with Gasteiger partial charge >= 0.3 is 0 Å². The Bertz CT molecular complexity index is 505. The molecule has 0 bridgehead atoms. The van der Waals surface area contributed by atoms with Gasteiger partial charge in [-0.2, -0.15) is 0 Å². The van der Waals surface area contributed by atoms with E-state index in [1.165, 1.54) is 16.7 Å². The molecule has 0 saturated carbocycles. The van der Waals surface area contributed by atoms with Crippen molar-refractivity contribution in [2.24, 2.45) is 0 Å². The lowest BCUT2D eigenvalue weighted by molar-refractivity contribution is 0.630. The molecular formula is C16H18BrN. The van der Waals surface area contributed by atoms with Gasteiger partial charge in [-0.15, -0.1) is 0 Å². The van der Waals surface area contributed by atoms with Gasteiger partial charge in [-0.25, -0.2) is 0 Å². The predicted molar refractivity (Wildman–Crippen MR) is 80.8 cm³/mol. The molecule has 94 valence electrons. The zero-order valence-corrected chi connectivity index (χ0v) is 12.4. The molecule has 2 aromatic rings. The van der Waals surface area contributed by atoms with E-state index in [1.807, 2.05) is 0 Å². The number of benzene rings is 2. The van der Waals surface area contributed by atoms with Gasteiger partial charge in [0.2, 0.25) is 0 Å². The first-order valence-electron chi connectivity index (χ1n) is 6.26. The first kappa shape index (κ1) is 13.3. The smallest absolute Gasteiger partial charge is 0.0576 e. The summed E-state index contributed by atoms with van der Waals surface area (Å²) in [5.41, 5.74) is 3.91. The van der Waals surface area contributed by atoms with Gasteiger partial charge < -0.3 is 5.32 Å².